The van der Waals surface area contributed by atoms with Crippen LogP contribution in [0.15, 0.2) is 77.7 Å². The van der Waals surface area contributed by atoms with Crippen molar-refractivity contribution in [1.82, 2.24) is 10.2 Å². The van der Waals surface area contributed by atoms with Gasteiger partial charge in [-0.05, 0) is 82.9 Å². The Hall–Kier alpha value is -3.65. The number of sulfonamides is 1. The first-order valence-corrected chi connectivity index (χ1v) is 15.0. The maximum Gasteiger partial charge on any atom is 0.264 e. The fourth-order valence-electron chi connectivity index (χ4n) is 4.60. The number of aryl methyl sites for hydroxylation is 3. The van der Waals surface area contributed by atoms with Crippen LogP contribution in [-0.4, -0.2) is 43.3 Å². The summed E-state index contributed by atoms with van der Waals surface area (Å²) in [4.78, 5) is 29.2. The lowest BCUT2D eigenvalue weighted by Gasteiger charge is -2.35. The molecular formula is C32H41N3O4S. The summed E-state index contributed by atoms with van der Waals surface area (Å²) in [6.45, 7) is 12.9. The number of carbonyl (C=O) groups excluding carboxylic acids is 2. The van der Waals surface area contributed by atoms with Crippen LogP contribution in [0.3, 0.4) is 0 Å². The molecule has 0 saturated heterocycles. The summed E-state index contributed by atoms with van der Waals surface area (Å²) in [5, 5.41) is 3.00. The highest BCUT2D eigenvalue weighted by molar-refractivity contribution is 7.92. The van der Waals surface area contributed by atoms with Crippen molar-refractivity contribution in [2.45, 2.75) is 77.9 Å². The third kappa shape index (κ3) is 7.72. The Balaban J connectivity index is 2.11. The van der Waals surface area contributed by atoms with Crippen LogP contribution in [0, 0.1) is 20.8 Å². The summed E-state index contributed by atoms with van der Waals surface area (Å²) >= 11 is 0. The molecule has 0 aliphatic carbocycles. The lowest BCUT2D eigenvalue weighted by atomic mass is 10.0. The zero-order valence-corrected chi connectivity index (χ0v) is 25.4. The predicted octanol–water partition coefficient (Wildman–Crippen LogP) is 5.53. The van der Waals surface area contributed by atoms with Gasteiger partial charge in [0.1, 0.15) is 12.6 Å². The van der Waals surface area contributed by atoms with Crippen molar-refractivity contribution in [2.24, 2.45) is 0 Å². The van der Waals surface area contributed by atoms with Crippen LogP contribution in [0.4, 0.5) is 5.69 Å². The highest BCUT2D eigenvalue weighted by atomic mass is 32.2. The van der Waals surface area contributed by atoms with Crippen LogP contribution in [0.1, 0.15) is 56.4 Å². The number of benzene rings is 3. The van der Waals surface area contributed by atoms with Gasteiger partial charge in [0.05, 0.1) is 10.6 Å². The van der Waals surface area contributed by atoms with Crippen LogP contribution in [-0.2, 0) is 26.2 Å². The molecule has 1 N–H and O–H groups in total. The molecule has 7 nitrogen and oxygen atoms in total. The molecule has 0 saturated carbocycles. The third-order valence-electron chi connectivity index (χ3n) is 6.56. The minimum Gasteiger partial charge on any atom is -0.350 e. The largest absolute Gasteiger partial charge is 0.350 e. The Morgan fingerprint density at radius 3 is 2.12 bits per heavy atom. The standard InChI is InChI=1S/C32H41N3O4S/c1-8-28(31(37)33-32(5,6)7)34(21-26-14-12-13-23(2)19-26)30(36)22-35(29-20-24(3)17-18-25(29)4)40(38,39)27-15-10-9-11-16-27/h9-20,28H,8,21-22H2,1-7H3,(H,33,37)/t28-/m0/s1. The average molecular weight is 564 g/mol. The maximum atomic E-state index is 14.2. The van der Waals surface area contributed by atoms with Gasteiger partial charge < -0.3 is 10.2 Å². The van der Waals surface area contributed by atoms with E-state index in [0.29, 0.717) is 12.1 Å². The lowest BCUT2D eigenvalue weighted by Crippen LogP contribution is -2.55. The molecule has 8 heteroatoms. The molecule has 0 aromatic heterocycles. The van der Waals surface area contributed by atoms with Gasteiger partial charge in [0, 0.05) is 12.1 Å². The molecule has 3 aromatic carbocycles. The SMILES string of the molecule is CC[C@@H](C(=O)NC(C)(C)C)N(Cc1cccc(C)c1)C(=O)CN(c1cc(C)ccc1C)S(=O)(=O)c1ccccc1. The molecule has 0 aliphatic heterocycles. The predicted molar refractivity (Wildman–Crippen MR) is 161 cm³/mol. The van der Waals surface area contributed by atoms with Crippen molar-refractivity contribution in [1.29, 1.82) is 0 Å². The van der Waals surface area contributed by atoms with Gasteiger partial charge in [0.25, 0.3) is 10.0 Å². The normalized spacial score (nSPS) is 12.5. The zero-order chi connectivity index (χ0) is 29.7. The summed E-state index contributed by atoms with van der Waals surface area (Å²) in [5.74, 6) is -0.738. The van der Waals surface area contributed by atoms with Gasteiger partial charge in [-0.15, -0.1) is 0 Å². The summed E-state index contributed by atoms with van der Waals surface area (Å²) in [5.41, 5.74) is 3.42. The van der Waals surface area contributed by atoms with Crippen LogP contribution >= 0.6 is 0 Å². The second kappa shape index (κ2) is 12.7. The van der Waals surface area contributed by atoms with Crippen LogP contribution < -0.4 is 9.62 Å². The molecule has 0 radical (unpaired) electrons. The first kappa shape index (κ1) is 30.9. The zero-order valence-electron chi connectivity index (χ0n) is 24.6. The molecular weight excluding hydrogens is 522 g/mol. The third-order valence-corrected chi connectivity index (χ3v) is 8.34. The molecule has 0 fully saturated rings. The molecule has 0 unspecified atom stereocenters. The quantitative estimate of drug-likeness (QED) is 0.352. The Morgan fingerprint density at radius 2 is 1.52 bits per heavy atom. The first-order chi connectivity index (χ1) is 18.7. The first-order valence-electron chi connectivity index (χ1n) is 13.5. The van der Waals surface area contributed by atoms with E-state index in [2.05, 4.69) is 5.32 Å². The summed E-state index contributed by atoms with van der Waals surface area (Å²) in [6, 6.07) is 20.6. The number of rotatable bonds is 10. The highest BCUT2D eigenvalue weighted by Gasteiger charge is 2.35. The van der Waals surface area contributed by atoms with Gasteiger partial charge in [-0.3, -0.25) is 13.9 Å². The van der Waals surface area contributed by atoms with Gasteiger partial charge in [0.2, 0.25) is 11.8 Å². The monoisotopic (exact) mass is 563 g/mol. The van der Waals surface area contributed by atoms with E-state index in [0.717, 1.165) is 22.3 Å². The number of nitrogens with zero attached hydrogens (tertiary/aromatic N) is 2. The Bertz CT molecular complexity index is 1450. The van der Waals surface area contributed by atoms with E-state index in [1.807, 2.05) is 84.9 Å². The minimum absolute atomic E-state index is 0.0893. The van der Waals surface area contributed by atoms with E-state index in [1.54, 1.807) is 24.3 Å². The lowest BCUT2D eigenvalue weighted by molar-refractivity contribution is -0.141. The highest BCUT2D eigenvalue weighted by Crippen LogP contribution is 2.28. The second-order valence-corrected chi connectivity index (χ2v) is 13.2. The molecule has 0 heterocycles. The molecule has 3 aromatic rings. The number of nitrogens with one attached hydrogen (secondary N) is 1. The Labute approximate surface area is 239 Å². The number of carbonyl (C=O) groups is 2. The number of hydrogen-bond donors (Lipinski definition) is 1. The van der Waals surface area contributed by atoms with Crippen molar-refractivity contribution < 1.29 is 18.0 Å². The molecule has 1 atom stereocenters. The topological polar surface area (TPSA) is 86.8 Å². The van der Waals surface area contributed by atoms with Crippen molar-refractivity contribution in [2.75, 3.05) is 10.8 Å². The van der Waals surface area contributed by atoms with Crippen LogP contribution in [0.25, 0.3) is 0 Å². The van der Waals surface area contributed by atoms with Crippen molar-refractivity contribution >= 4 is 27.5 Å². The van der Waals surface area contributed by atoms with Crippen LogP contribution in [0.2, 0.25) is 0 Å². The van der Waals surface area contributed by atoms with E-state index in [4.69, 9.17) is 0 Å². The molecule has 0 spiro atoms. The van der Waals surface area contributed by atoms with Gasteiger partial charge >= 0.3 is 0 Å². The number of anilines is 1. The molecule has 0 bridgehead atoms. The van der Waals surface area contributed by atoms with Crippen molar-refractivity contribution in [3.05, 3.63) is 95.1 Å². The van der Waals surface area contributed by atoms with E-state index < -0.39 is 34.1 Å². The molecule has 40 heavy (non-hydrogen) atoms. The van der Waals surface area contributed by atoms with E-state index in [1.165, 1.54) is 21.3 Å². The van der Waals surface area contributed by atoms with Crippen LogP contribution in [0.5, 0.6) is 0 Å². The fraction of sp³-hybridized carbons (Fsp3) is 0.375. The summed E-state index contributed by atoms with van der Waals surface area (Å²) in [7, 11) is -4.10. The van der Waals surface area contributed by atoms with Crippen molar-refractivity contribution in [3.63, 3.8) is 0 Å². The molecule has 0 aliphatic rings. The summed E-state index contributed by atoms with van der Waals surface area (Å²) < 4.78 is 29.2. The average Bonchev–Trinajstić information content (AvgIpc) is 2.88. The fourth-order valence-corrected chi connectivity index (χ4v) is 6.09. The summed E-state index contributed by atoms with van der Waals surface area (Å²) in [6.07, 6.45) is 0.369. The molecule has 3 rings (SSSR count). The van der Waals surface area contributed by atoms with Gasteiger partial charge in [-0.25, -0.2) is 8.42 Å². The van der Waals surface area contributed by atoms with Gasteiger partial charge in [-0.2, -0.15) is 0 Å². The maximum absolute atomic E-state index is 14.2. The minimum atomic E-state index is -4.10. The van der Waals surface area contributed by atoms with E-state index >= 15 is 0 Å². The van der Waals surface area contributed by atoms with E-state index in [-0.39, 0.29) is 17.3 Å². The number of hydrogen-bond acceptors (Lipinski definition) is 4. The van der Waals surface area contributed by atoms with Gasteiger partial charge in [0.15, 0.2) is 0 Å². The van der Waals surface area contributed by atoms with Crippen molar-refractivity contribution in [3.8, 4) is 0 Å². The number of amides is 2. The second-order valence-electron chi connectivity index (χ2n) is 11.3. The Morgan fingerprint density at radius 1 is 0.875 bits per heavy atom. The Kier molecular flexibility index (Phi) is 9.79. The van der Waals surface area contributed by atoms with E-state index in [9.17, 15) is 18.0 Å². The van der Waals surface area contributed by atoms with Gasteiger partial charge in [-0.1, -0.05) is 67.1 Å². The molecule has 2 amide bonds. The molecule has 214 valence electrons. The smallest absolute Gasteiger partial charge is 0.264 e.